The zero-order valence-electron chi connectivity index (χ0n) is 14.9. The van der Waals surface area contributed by atoms with E-state index in [1.807, 2.05) is 35.7 Å². The summed E-state index contributed by atoms with van der Waals surface area (Å²) in [4.78, 5) is 4.81. The smallest absolute Gasteiger partial charge is 0.142 e. The number of nitrogens with zero attached hydrogens (tertiary/aromatic N) is 1. The van der Waals surface area contributed by atoms with Gasteiger partial charge in [-0.2, -0.15) is 0 Å². The highest BCUT2D eigenvalue weighted by Crippen LogP contribution is 2.38. The monoisotopic (exact) mass is 368 g/mol. The molecule has 1 N–H and O–H groups in total. The lowest BCUT2D eigenvalue weighted by atomic mass is 10.1. The van der Waals surface area contributed by atoms with Gasteiger partial charge in [-0.1, -0.05) is 0 Å². The number of fused-ring (bicyclic) bond motifs is 1. The van der Waals surface area contributed by atoms with Crippen LogP contribution in [0.3, 0.4) is 0 Å². The Morgan fingerprint density at radius 1 is 1.15 bits per heavy atom. The predicted octanol–water partition coefficient (Wildman–Crippen LogP) is 4.69. The third-order valence-corrected chi connectivity index (χ3v) is 5.21. The van der Waals surface area contributed by atoms with Crippen molar-refractivity contribution in [3.05, 3.63) is 41.8 Å². The minimum Gasteiger partial charge on any atom is -0.497 e. The Labute approximate surface area is 156 Å². The van der Waals surface area contributed by atoms with E-state index in [4.69, 9.17) is 19.2 Å². The van der Waals surface area contributed by atoms with Crippen molar-refractivity contribution in [2.75, 3.05) is 26.1 Å². The SMILES string of the molecule is COc1ccc(OC)c(-c2csc(-c3ccc4c(c3)NCC(C)O4)n2)c1. The van der Waals surface area contributed by atoms with Crippen LogP contribution in [-0.2, 0) is 0 Å². The Morgan fingerprint density at radius 3 is 2.85 bits per heavy atom. The lowest BCUT2D eigenvalue weighted by Crippen LogP contribution is -2.27. The maximum Gasteiger partial charge on any atom is 0.142 e. The third-order valence-electron chi connectivity index (χ3n) is 4.32. The molecule has 0 saturated heterocycles. The van der Waals surface area contributed by atoms with Crippen LogP contribution in [0.1, 0.15) is 6.92 Å². The van der Waals surface area contributed by atoms with Crippen LogP contribution in [-0.4, -0.2) is 31.9 Å². The number of thiazole rings is 1. The van der Waals surface area contributed by atoms with Gasteiger partial charge in [0.1, 0.15) is 28.4 Å². The first-order valence-electron chi connectivity index (χ1n) is 8.41. The van der Waals surface area contributed by atoms with Gasteiger partial charge in [-0.15, -0.1) is 11.3 Å². The molecule has 2 aromatic carbocycles. The lowest BCUT2D eigenvalue weighted by Gasteiger charge is -2.25. The first kappa shape index (κ1) is 16.7. The molecule has 6 heteroatoms. The molecule has 4 rings (SSSR count). The van der Waals surface area contributed by atoms with Crippen molar-refractivity contribution in [2.45, 2.75) is 13.0 Å². The highest BCUT2D eigenvalue weighted by atomic mass is 32.1. The van der Waals surface area contributed by atoms with Gasteiger partial charge in [-0.05, 0) is 43.3 Å². The van der Waals surface area contributed by atoms with Crippen LogP contribution < -0.4 is 19.5 Å². The quantitative estimate of drug-likeness (QED) is 0.724. The van der Waals surface area contributed by atoms with Crippen molar-refractivity contribution in [3.8, 4) is 39.1 Å². The Balaban J connectivity index is 1.69. The number of anilines is 1. The molecule has 0 bridgehead atoms. The molecule has 1 atom stereocenters. The van der Waals surface area contributed by atoms with Gasteiger partial charge >= 0.3 is 0 Å². The number of methoxy groups -OCH3 is 2. The second kappa shape index (κ2) is 6.88. The van der Waals surface area contributed by atoms with E-state index in [2.05, 4.69) is 18.3 Å². The summed E-state index contributed by atoms with van der Waals surface area (Å²) in [6.45, 7) is 2.86. The molecule has 26 heavy (non-hydrogen) atoms. The van der Waals surface area contributed by atoms with E-state index in [0.29, 0.717) is 0 Å². The molecule has 0 aliphatic carbocycles. The normalized spacial score (nSPS) is 15.6. The average Bonchev–Trinajstić information content (AvgIpc) is 3.17. The zero-order valence-corrected chi connectivity index (χ0v) is 15.7. The second-order valence-corrected chi connectivity index (χ2v) is 6.98. The topological polar surface area (TPSA) is 52.6 Å². The summed E-state index contributed by atoms with van der Waals surface area (Å²) in [5.74, 6) is 2.44. The van der Waals surface area contributed by atoms with Crippen LogP contribution in [0, 0.1) is 0 Å². The summed E-state index contributed by atoms with van der Waals surface area (Å²) >= 11 is 1.61. The zero-order chi connectivity index (χ0) is 18.1. The van der Waals surface area contributed by atoms with Crippen LogP contribution in [0.25, 0.3) is 21.8 Å². The fourth-order valence-corrected chi connectivity index (χ4v) is 3.78. The maximum absolute atomic E-state index is 5.84. The molecule has 1 aromatic heterocycles. The molecule has 134 valence electrons. The van der Waals surface area contributed by atoms with Crippen molar-refractivity contribution < 1.29 is 14.2 Å². The van der Waals surface area contributed by atoms with Crippen LogP contribution in [0.2, 0.25) is 0 Å². The van der Waals surface area contributed by atoms with Crippen molar-refractivity contribution in [1.29, 1.82) is 0 Å². The molecule has 3 aromatic rings. The van der Waals surface area contributed by atoms with Crippen molar-refractivity contribution in [3.63, 3.8) is 0 Å². The summed E-state index contributed by atoms with van der Waals surface area (Å²) in [6, 6.07) is 11.9. The molecule has 2 heterocycles. The fraction of sp³-hybridized carbons (Fsp3) is 0.250. The van der Waals surface area contributed by atoms with Crippen molar-refractivity contribution in [1.82, 2.24) is 4.98 Å². The molecule has 0 spiro atoms. The molecular formula is C20H20N2O3S. The number of hydrogen-bond acceptors (Lipinski definition) is 6. The Kier molecular flexibility index (Phi) is 4.42. The molecule has 0 saturated carbocycles. The van der Waals surface area contributed by atoms with E-state index in [9.17, 15) is 0 Å². The largest absolute Gasteiger partial charge is 0.497 e. The highest BCUT2D eigenvalue weighted by Gasteiger charge is 2.17. The minimum atomic E-state index is 0.181. The van der Waals surface area contributed by atoms with Crippen LogP contribution >= 0.6 is 11.3 Å². The van der Waals surface area contributed by atoms with Gasteiger partial charge in [-0.25, -0.2) is 4.98 Å². The molecule has 1 aliphatic rings. The van der Waals surface area contributed by atoms with Gasteiger partial charge in [0.25, 0.3) is 0 Å². The number of nitrogens with one attached hydrogen (secondary N) is 1. The second-order valence-electron chi connectivity index (χ2n) is 6.12. The molecule has 0 fully saturated rings. The summed E-state index contributed by atoms with van der Waals surface area (Å²) in [7, 11) is 3.32. The fourth-order valence-electron chi connectivity index (χ4n) is 2.96. The Morgan fingerprint density at radius 2 is 2.04 bits per heavy atom. The van der Waals surface area contributed by atoms with Gasteiger partial charge in [0.05, 0.1) is 32.1 Å². The minimum absolute atomic E-state index is 0.181. The van der Waals surface area contributed by atoms with Gasteiger partial charge in [0.15, 0.2) is 0 Å². The highest BCUT2D eigenvalue weighted by molar-refractivity contribution is 7.13. The maximum atomic E-state index is 5.84. The average molecular weight is 368 g/mol. The molecule has 1 aliphatic heterocycles. The van der Waals surface area contributed by atoms with Gasteiger partial charge < -0.3 is 19.5 Å². The third kappa shape index (κ3) is 3.08. The predicted molar refractivity (Wildman–Crippen MR) is 105 cm³/mol. The number of hydrogen-bond donors (Lipinski definition) is 1. The summed E-state index contributed by atoms with van der Waals surface area (Å²) in [6.07, 6.45) is 0.181. The van der Waals surface area contributed by atoms with Gasteiger partial charge in [0, 0.05) is 16.5 Å². The van der Waals surface area contributed by atoms with Gasteiger partial charge in [0.2, 0.25) is 0 Å². The van der Waals surface area contributed by atoms with Crippen molar-refractivity contribution in [2.24, 2.45) is 0 Å². The van der Waals surface area contributed by atoms with E-state index in [-0.39, 0.29) is 6.10 Å². The lowest BCUT2D eigenvalue weighted by molar-refractivity contribution is 0.226. The summed E-state index contributed by atoms with van der Waals surface area (Å²) < 4.78 is 16.7. The number of benzene rings is 2. The molecule has 0 amide bonds. The summed E-state index contributed by atoms with van der Waals surface area (Å²) in [5.41, 5.74) is 3.86. The first-order chi connectivity index (χ1) is 12.7. The van der Waals surface area contributed by atoms with E-state index in [1.165, 1.54) is 0 Å². The Bertz CT molecular complexity index is 939. The first-order valence-corrected chi connectivity index (χ1v) is 9.29. The van der Waals surface area contributed by atoms with Gasteiger partial charge in [-0.3, -0.25) is 0 Å². The van der Waals surface area contributed by atoms with Crippen LogP contribution in [0.5, 0.6) is 17.2 Å². The summed E-state index contributed by atoms with van der Waals surface area (Å²) in [5, 5.41) is 6.40. The molecular weight excluding hydrogens is 348 g/mol. The van der Waals surface area contributed by atoms with Crippen LogP contribution in [0.4, 0.5) is 5.69 Å². The molecule has 5 nitrogen and oxygen atoms in total. The molecule has 1 unspecified atom stereocenters. The standard InChI is InChI=1S/C20H20N2O3S/c1-12-10-21-16-8-13(4-6-19(16)25-12)20-22-17(11-26-20)15-9-14(23-2)5-7-18(15)24-3/h4-9,11-12,21H,10H2,1-3H3. The number of ether oxygens (including phenoxy) is 3. The van der Waals surface area contributed by atoms with E-state index >= 15 is 0 Å². The van der Waals surface area contributed by atoms with Crippen molar-refractivity contribution >= 4 is 17.0 Å². The Hall–Kier alpha value is -2.73. The van der Waals surface area contributed by atoms with Crippen LogP contribution in [0.15, 0.2) is 41.8 Å². The van der Waals surface area contributed by atoms with E-state index in [1.54, 1.807) is 25.6 Å². The van der Waals surface area contributed by atoms with E-state index in [0.717, 1.165) is 51.3 Å². The number of rotatable bonds is 4. The van der Waals surface area contributed by atoms with E-state index < -0.39 is 0 Å². The molecule has 0 radical (unpaired) electrons. The number of aromatic nitrogens is 1.